The van der Waals surface area contributed by atoms with Crippen molar-refractivity contribution in [2.75, 3.05) is 30.8 Å². The lowest BCUT2D eigenvalue weighted by Crippen LogP contribution is -2.49. The van der Waals surface area contributed by atoms with Gasteiger partial charge in [-0.1, -0.05) is 32.0 Å². The average molecular weight is 532 g/mol. The van der Waals surface area contributed by atoms with Crippen molar-refractivity contribution in [1.82, 2.24) is 10.2 Å². The lowest BCUT2D eigenvalue weighted by molar-refractivity contribution is -0.141. The minimum atomic E-state index is -3.54. The zero-order valence-corrected chi connectivity index (χ0v) is 23.7. The highest BCUT2D eigenvalue weighted by Crippen LogP contribution is 2.23. The third-order valence-corrected chi connectivity index (χ3v) is 7.55. The van der Waals surface area contributed by atoms with E-state index in [-0.39, 0.29) is 31.3 Å². The first-order valence-corrected chi connectivity index (χ1v) is 14.6. The van der Waals surface area contributed by atoms with Gasteiger partial charge in [0.25, 0.3) is 0 Å². The zero-order valence-electron chi connectivity index (χ0n) is 22.9. The van der Waals surface area contributed by atoms with Crippen molar-refractivity contribution in [2.45, 2.75) is 66.0 Å². The third kappa shape index (κ3) is 8.77. The van der Waals surface area contributed by atoms with Gasteiger partial charge in [-0.25, -0.2) is 8.42 Å². The lowest BCUT2D eigenvalue weighted by Gasteiger charge is -2.31. The van der Waals surface area contributed by atoms with E-state index in [2.05, 4.69) is 5.32 Å². The Balaban J connectivity index is 2.24. The Labute approximate surface area is 222 Å². The molecule has 8 nitrogen and oxygen atoms in total. The highest BCUT2D eigenvalue weighted by atomic mass is 32.2. The van der Waals surface area contributed by atoms with Crippen LogP contribution in [0.3, 0.4) is 0 Å². The maximum Gasteiger partial charge on any atom is 0.242 e. The normalized spacial score (nSPS) is 12.1. The minimum absolute atomic E-state index is 0.110. The van der Waals surface area contributed by atoms with E-state index in [4.69, 9.17) is 4.74 Å². The van der Waals surface area contributed by atoms with Crippen LogP contribution in [0.15, 0.2) is 42.5 Å². The van der Waals surface area contributed by atoms with Crippen molar-refractivity contribution in [2.24, 2.45) is 0 Å². The van der Waals surface area contributed by atoms with Crippen LogP contribution in [0.2, 0.25) is 0 Å². The van der Waals surface area contributed by atoms with E-state index in [1.807, 2.05) is 64.1 Å². The molecule has 0 saturated heterocycles. The number of hydrogen-bond acceptors (Lipinski definition) is 5. The summed E-state index contributed by atoms with van der Waals surface area (Å²) in [4.78, 5) is 28.0. The van der Waals surface area contributed by atoms with Gasteiger partial charge < -0.3 is 15.0 Å². The molecular formula is C28H41N3O5S. The van der Waals surface area contributed by atoms with Gasteiger partial charge in [-0.15, -0.1) is 0 Å². The number of rotatable bonds is 14. The Hall–Kier alpha value is -3.07. The number of aryl methyl sites for hydroxylation is 2. The lowest BCUT2D eigenvalue weighted by atomic mass is 10.1. The van der Waals surface area contributed by atoms with Crippen molar-refractivity contribution >= 4 is 27.5 Å². The highest BCUT2D eigenvalue weighted by Gasteiger charge is 2.28. The van der Waals surface area contributed by atoms with Gasteiger partial charge in [0.05, 0.1) is 19.1 Å². The summed E-state index contributed by atoms with van der Waals surface area (Å²) in [5.74, 6) is 0.286. The van der Waals surface area contributed by atoms with Crippen molar-refractivity contribution < 1.29 is 22.7 Å². The number of hydrogen-bond donors (Lipinski definition) is 1. The van der Waals surface area contributed by atoms with Crippen LogP contribution in [0, 0.1) is 13.8 Å². The molecule has 2 aromatic rings. The first kappa shape index (κ1) is 30.2. The molecule has 0 aliphatic carbocycles. The Bertz CT molecular complexity index is 1170. The van der Waals surface area contributed by atoms with Crippen LogP contribution in [-0.4, -0.2) is 57.6 Å². The standard InChI is InChI=1S/C28H41N3O5S/c1-7-16-29-28(33)26(8-2)30(20-23-11-9-12-25(19-23)36-5)27(32)13-10-17-31(37(6,34)35)24-15-14-21(3)22(4)18-24/h9,11-12,14-15,18-19,26H,7-8,10,13,16-17,20H2,1-6H3,(H,29,33)/t26-/m1/s1. The number of ether oxygens (including phenoxy) is 1. The second-order valence-corrected chi connectivity index (χ2v) is 11.2. The van der Waals surface area contributed by atoms with E-state index in [9.17, 15) is 18.0 Å². The molecule has 37 heavy (non-hydrogen) atoms. The SMILES string of the molecule is CCCNC(=O)[C@@H](CC)N(Cc1cccc(OC)c1)C(=O)CCCN(c1ccc(C)c(C)c1)S(C)(=O)=O. The second kappa shape index (κ2) is 14.0. The summed E-state index contributed by atoms with van der Waals surface area (Å²) in [6.07, 6.45) is 2.86. The van der Waals surface area contributed by atoms with E-state index in [0.29, 0.717) is 30.8 Å². The Kier molecular flexibility index (Phi) is 11.4. The van der Waals surface area contributed by atoms with E-state index in [1.165, 1.54) is 10.6 Å². The fraction of sp³-hybridized carbons (Fsp3) is 0.500. The summed E-state index contributed by atoms with van der Waals surface area (Å²) < 4.78 is 31.8. The van der Waals surface area contributed by atoms with E-state index in [0.717, 1.165) is 23.1 Å². The summed E-state index contributed by atoms with van der Waals surface area (Å²) in [6.45, 7) is 8.72. The smallest absolute Gasteiger partial charge is 0.242 e. The number of methoxy groups -OCH3 is 1. The molecule has 0 bridgehead atoms. The topological polar surface area (TPSA) is 96.0 Å². The van der Waals surface area contributed by atoms with Crippen molar-refractivity contribution in [1.29, 1.82) is 0 Å². The van der Waals surface area contributed by atoms with E-state index >= 15 is 0 Å². The number of sulfonamides is 1. The maximum atomic E-state index is 13.5. The average Bonchev–Trinajstić information content (AvgIpc) is 2.86. The van der Waals surface area contributed by atoms with Crippen LogP contribution in [-0.2, 0) is 26.2 Å². The van der Waals surface area contributed by atoms with Crippen molar-refractivity contribution in [3.8, 4) is 5.75 Å². The van der Waals surface area contributed by atoms with Gasteiger partial charge in [0.15, 0.2) is 0 Å². The van der Waals surface area contributed by atoms with Crippen molar-refractivity contribution in [3.63, 3.8) is 0 Å². The first-order chi connectivity index (χ1) is 17.5. The predicted molar refractivity (Wildman–Crippen MR) is 148 cm³/mol. The molecular weight excluding hydrogens is 490 g/mol. The van der Waals surface area contributed by atoms with E-state index < -0.39 is 16.1 Å². The Morgan fingerprint density at radius 2 is 1.78 bits per heavy atom. The molecule has 0 radical (unpaired) electrons. The molecule has 1 atom stereocenters. The molecule has 0 aliphatic rings. The highest BCUT2D eigenvalue weighted by molar-refractivity contribution is 7.92. The Morgan fingerprint density at radius 3 is 2.38 bits per heavy atom. The molecule has 0 aliphatic heterocycles. The quantitative estimate of drug-likeness (QED) is 0.394. The minimum Gasteiger partial charge on any atom is -0.497 e. The van der Waals surface area contributed by atoms with Crippen LogP contribution in [0.25, 0.3) is 0 Å². The molecule has 0 heterocycles. The van der Waals surface area contributed by atoms with E-state index in [1.54, 1.807) is 18.1 Å². The van der Waals surface area contributed by atoms with Gasteiger partial charge in [-0.05, 0) is 74.1 Å². The third-order valence-electron chi connectivity index (χ3n) is 6.35. The van der Waals surface area contributed by atoms with Gasteiger partial charge in [-0.3, -0.25) is 13.9 Å². The van der Waals surface area contributed by atoms with Crippen LogP contribution in [0.1, 0.15) is 56.2 Å². The molecule has 2 amide bonds. The molecule has 2 aromatic carbocycles. The zero-order chi connectivity index (χ0) is 27.6. The maximum absolute atomic E-state index is 13.5. The van der Waals surface area contributed by atoms with Gasteiger partial charge in [0.1, 0.15) is 11.8 Å². The number of benzene rings is 2. The van der Waals surface area contributed by atoms with Gasteiger partial charge in [-0.2, -0.15) is 0 Å². The van der Waals surface area contributed by atoms with Crippen molar-refractivity contribution in [3.05, 3.63) is 59.2 Å². The predicted octanol–water partition coefficient (Wildman–Crippen LogP) is 4.19. The molecule has 0 aromatic heterocycles. The molecule has 204 valence electrons. The monoisotopic (exact) mass is 531 g/mol. The summed E-state index contributed by atoms with van der Waals surface area (Å²) in [5.41, 5.74) is 3.50. The van der Waals surface area contributed by atoms with Crippen LogP contribution < -0.4 is 14.4 Å². The van der Waals surface area contributed by atoms with Gasteiger partial charge in [0.2, 0.25) is 21.8 Å². The first-order valence-electron chi connectivity index (χ1n) is 12.8. The number of carbonyl (C=O) groups is 2. The number of nitrogens with zero attached hydrogens (tertiary/aromatic N) is 2. The molecule has 0 saturated carbocycles. The molecule has 2 rings (SSSR count). The Morgan fingerprint density at radius 1 is 1.05 bits per heavy atom. The molecule has 1 N–H and O–H groups in total. The second-order valence-electron chi connectivity index (χ2n) is 9.30. The van der Waals surface area contributed by atoms with Crippen LogP contribution >= 0.6 is 0 Å². The fourth-order valence-corrected chi connectivity index (χ4v) is 5.09. The number of amides is 2. The number of carbonyl (C=O) groups excluding carboxylic acids is 2. The summed E-state index contributed by atoms with van der Waals surface area (Å²) in [6, 6.07) is 12.3. The molecule has 0 spiro atoms. The molecule has 0 unspecified atom stereocenters. The van der Waals surface area contributed by atoms with Crippen LogP contribution in [0.5, 0.6) is 5.75 Å². The van der Waals surface area contributed by atoms with Gasteiger partial charge in [0, 0.05) is 26.1 Å². The largest absolute Gasteiger partial charge is 0.497 e. The molecule has 9 heteroatoms. The summed E-state index contributed by atoms with van der Waals surface area (Å²) in [5, 5.41) is 2.91. The molecule has 0 fully saturated rings. The van der Waals surface area contributed by atoms with Gasteiger partial charge >= 0.3 is 0 Å². The van der Waals surface area contributed by atoms with Crippen LogP contribution in [0.4, 0.5) is 5.69 Å². The summed E-state index contributed by atoms with van der Waals surface area (Å²) >= 11 is 0. The fourth-order valence-electron chi connectivity index (χ4n) is 4.14. The number of nitrogens with one attached hydrogen (secondary N) is 1. The number of anilines is 1. The summed E-state index contributed by atoms with van der Waals surface area (Å²) in [7, 11) is -1.95.